The molecular weight excluding hydrogens is 368 g/mol. The van der Waals surface area contributed by atoms with E-state index in [9.17, 15) is 14.4 Å². The van der Waals surface area contributed by atoms with Crippen molar-refractivity contribution in [3.05, 3.63) is 47.5 Å². The van der Waals surface area contributed by atoms with Crippen molar-refractivity contribution >= 4 is 34.7 Å². The molecule has 0 spiro atoms. The second-order valence-corrected chi connectivity index (χ2v) is 7.42. The molecule has 0 aromatic heterocycles. The van der Waals surface area contributed by atoms with Crippen LogP contribution in [0.5, 0.6) is 5.75 Å². The van der Waals surface area contributed by atoms with Gasteiger partial charge in [-0.25, -0.2) is 4.79 Å². The highest BCUT2D eigenvalue weighted by Crippen LogP contribution is 2.31. The molecule has 29 heavy (non-hydrogen) atoms. The topological polar surface area (TPSA) is 75.7 Å². The third-order valence-corrected chi connectivity index (χ3v) is 5.59. The quantitative estimate of drug-likeness (QED) is 0.630. The van der Waals surface area contributed by atoms with Crippen LogP contribution in [0, 0.1) is 0 Å². The number of carbonyl (C=O) groups excluding carboxylic acids is 3. The van der Waals surface area contributed by atoms with E-state index in [0.29, 0.717) is 6.61 Å². The Bertz CT molecular complexity index is 1010. The zero-order chi connectivity index (χ0) is 20.4. The number of fused-ring (bicyclic) bond motifs is 1. The molecule has 4 rings (SSSR count). The fourth-order valence-electron chi connectivity index (χ4n) is 4.20. The first-order chi connectivity index (χ1) is 14.1. The normalized spacial score (nSPS) is 19.7. The van der Waals surface area contributed by atoms with E-state index < -0.39 is 17.8 Å². The second kappa shape index (κ2) is 8.07. The van der Waals surface area contributed by atoms with Crippen LogP contribution in [0.25, 0.3) is 16.8 Å². The molecule has 1 aliphatic carbocycles. The van der Waals surface area contributed by atoms with Crippen LogP contribution in [0.1, 0.15) is 44.6 Å². The third kappa shape index (κ3) is 3.62. The predicted molar refractivity (Wildman–Crippen MR) is 110 cm³/mol. The van der Waals surface area contributed by atoms with Crippen molar-refractivity contribution in [1.82, 2.24) is 10.2 Å². The summed E-state index contributed by atoms with van der Waals surface area (Å²) in [7, 11) is 0. The Hall–Kier alpha value is -3.15. The predicted octanol–water partition coefficient (Wildman–Crippen LogP) is 4.03. The molecule has 6 nitrogen and oxygen atoms in total. The summed E-state index contributed by atoms with van der Waals surface area (Å²) in [6.07, 6.45) is 6.23. The number of nitrogens with one attached hydrogen (secondary N) is 1. The van der Waals surface area contributed by atoms with Gasteiger partial charge in [-0.3, -0.25) is 19.8 Å². The van der Waals surface area contributed by atoms with Gasteiger partial charge in [0.15, 0.2) is 0 Å². The molecule has 6 heteroatoms. The van der Waals surface area contributed by atoms with Gasteiger partial charge in [0, 0.05) is 11.4 Å². The van der Waals surface area contributed by atoms with Crippen molar-refractivity contribution < 1.29 is 19.1 Å². The summed E-state index contributed by atoms with van der Waals surface area (Å²) in [4.78, 5) is 39.2. The van der Waals surface area contributed by atoms with Crippen LogP contribution in [-0.4, -0.2) is 35.4 Å². The van der Waals surface area contributed by atoms with Gasteiger partial charge >= 0.3 is 6.03 Å². The number of nitrogens with zero attached hydrogens (tertiary/aromatic N) is 1. The number of amides is 4. The summed E-state index contributed by atoms with van der Waals surface area (Å²) in [5.74, 6) is -0.405. The van der Waals surface area contributed by atoms with Crippen molar-refractivity contribution in [2.75, 3.05) is 6.61 Å². The van der Waals surface area contributed by atoms with E-state index in [1.807, 2.05) is 43.3 Å². The first kappa shape index (κ1) is 19.2. The summed E-state index contributed by atoms with van der Waals surface area (Å²) in [6.45, 7) is 2.47. The lowest BCUT2D eigenvalue weighted by Crippen LogP contribution is -2.58. The molecular formula is C23H24N2O4. The average Bonchev–Trinajstić information content (AvgIpc) is 2.73. The standard InChI is InChI=1S/C23H24N2O4/c1-2-29-20-13-12-15(17-10-6-7-11-18(17)20)14-19-21(26)24-23(28)25(22(19)27)16-8-4-3-5-9-16/h6-7,10-14,16H,2-5,8-9H2,1H3,(H,24,26,28)/b19-14+. The SMILES string of the molecule is CCOc1ccc(/C=C2\C(=O)NC(=O)N(C3CCCCC3)C2=O)c2ccccc12. The van der Waals surface area contributed by atoms with Gasteiger partial charge in [0.25, 0.3) is 11.8 Å². The van der Waals surface area contributed by atoms with Crippen LogP contribution in [-0.2, 0) is 9.59 Å². The van der Waals surface area contributed by atoms with Gasteiger partial charge in [-0.2, -0.15) is 0 Å². The third-order valence-electron chi connectivity index (χ3n) is 5.59. The van der Waals surface area contributed by atoms with Crippen molar-refractivity contribution in [3.63, 3.8) is 0 Å². The van der Waals surface area contributed by atoms with E-state index in [1.165, 1.54) is 4.90 Å². The maximum absolute atomic E-state index is 13.1. The molecule has 0 bridgehead atoms. The number of ether oxygens (including phenoxy) is 1. The summed E-state index contributed by atoms with van der Waals surface area (Å²) in [5, 5.41) is 4.13. The Labute approximate surface area is 169 Å². The number of urea groups is 1. The monoisotopic (exact) mass is 392 g/mol. The van der Waals surface area contributed by atoms with Crippen LogP contribution >= 0.6 is 0 Å². The van der Waals surface area contributed by atoms with Crippen molar-refractivity contribution in [1.29, 1.82) is 0 Å². The van der Waals surface area contributed by atoms with Crippen LogP contribution in [0.15, 0.2) is 42.0 Å². The van der Waals surface area contributed by atoms with E-state index >= 15 is 0 Å². The van der Waals surface area contributed by atoms with Gasteiger partial charge in [-0.15, -0.1) is 0 Å². The molecule has 1 aliphatic heterocycles. The molecule has 1 N–H and O–H groups in total. The minimum absolute atomic E-state index is 0.00973. The Balaban J connectivity index is 1.75. The largest absolute Gasteiger partial charge is 0.493 e. The fraction of sp³-hybridized carbons (Fsp3) is 0.348. The van der Waals surface area contributed by atoms with Crippen LogP contribution in [0.4, 0.5) is 4.79 Å². The van der Waals surface area contributed by atoms with Crippen LogP contribution < -0.4 is 10.1 Å². The number of barbiturate groups is 1. The number of hydrogen-bond donors (Lipinski definition) is 1. The van der Waals surface area contributed by atoms with Gasteiger partial charge in [0.2, 0.25) is 0 Å². The molecule has 2 aliphatic rings. The number of imide groups is 2. The van der Waals surface area contributed by atoms with Crippen molar-refractivity contribution in [2.45, 2.75) is 45.1 Å². The second-order valence-electron chi connectivity index (χ2n) is 7.42. The average molecular weight is 392 g/mol. The maximum Gasteiger partial charge on any atom is 0.331 e. The molecule has 150 valence electrons. The summed E-state index contributed by atoms with van der Waals surface area (Å²) < 4.78 is 5.70. The molecule has 1 heterocycles. The van der Waals surface area contributed by atoms with Gasteiger partial charge in [-0.1, -0.05) is 49.6 Å². The van der Waals surface area contributed by atoms with E-state index in [-0.39, 0.29) is 11.6 Å². The molecule has 2 fully saturated rings. The number of carbonyl (C=O) groups is 3. The van der Waals surface area contributed by atoms with E-state index in [1.54, 1.807) is 6.08 Å². The smallest absolute Gasteiger partial charge is 0.331 e. The number of hydrogen-bond acceptors (Lipinski definition) is 4. The molecule has 0 atom stereocenters. The summed E-state index contributed by atoms with van der Waals surface area (Å²) in [5.41, 5.74) is 0.727. The maximum atomic E-state index is 13.1. The highest BCUT2D eigenvalue weighted by molar-refractivity contribution is 6.31. The summed E-state index contributed by atoms with van der Waals surface area (Å²) >= 11 is 0. The zero-order valence-corrected chi connectivity index (χ0v) is 16.4. The Morgan fingerprint density at radius 3 is 2.48 bits per heavy atom. The minimum Gasteiger partial charge on any atom is -0.493 e. The fourth-order valence-corrected chi connectivity index (χ4v) is 4.20. The molecule has 1 saturated carbocycles. The van der Waals surface area contributed by atoms with Crippen LogP contribution in [0.3, 0.4) is 0 Å². The molecule has 2 aromatic carbocycles. The first-order valence-corrected chi connectivity index (χ1v) is 10.1. The Morgan fingerprint density at radius 2 is 1.76 bits per heavy atom. The molecule has 0 unspecified atom stereocenters. The lowest BCUT2D eigenvalue weighted by Gasteiger charge is -2.35. The Kier molecular flexibility index (Phi) is 5.34. The van der Waals surface area contributed by atoms with E-state index in [0.717, 1.165) is 54.2 Å². The minimum atomic E-state index is -0.648. The zero-order valence-electron chi connectivity index (χ0n) is 16.4. The molecule has 4 amide bonds. The van der Waals surface area contributed by atoms with E-state index in [2.05, 4.69) is 5.32 Å². The van der Waals surface area contributed by atoms with Gasteiger partial charge in [0.1, 0.15) is 11.3 Å². The molecule has 1 saturated heterocycles. The highest BCUT2D eigenvalue weighted by Gasteiger charge is 2.40. The van der Waals surface area contributed by atoms with E-state index in [4.69, 9.17) is 4.74 Å². The summed E-state index contributed by atoms with van der Waals surface area (Å²) in [6, 6.07) is 10.6. The van der Waals surface area contributed by atoms with Gasteiger partial charge in [0.05, 0.1) is 6.61 Å². The molecule has 2 aromatic rings. The lowest BCUT2D eigenvalue weighted by atomic mass is 9.93. The van der Waals surface area contributed by atoms with Gasteiger partial charge < -0.3 is 4.74 Å². The Morgan fingerprint density at radius 1 is 1.03 bits per heavy atom. The highest BCUT2D eigenvalue weighted by atomic mass is 16.5. The lowest BCUT2D eigenvalue weighted by molar-refractivity contribution is -0.132. The van der Waals surface area contributed by atoms with Crippen molar-refractivity contribution in [3.8, 4) is 5.75 Å². The number of benzene rings is 2. The molecule has 0 radical (unpaired) electrons. The first-order valence-electron chi connectivity index (χ1n) is 10.1. The van der Waals surface area contributed by atoms with Crippen LogP contribution in [0.2, 0.25) is 0 Å². The van der Waals surface area contributed by atoms with Gasteiger partial charge in [-0.05, 0) is 42.9 Å². The number of rotatable bonds is 4. The van der Waals surface area contributed by atoms with Crippen molar-refractivity contribution in [2.24, 2.45) is 0 Å².